The molecule has 1 aliphatic rings. The first kappa shape index (κ1) is 7.94. The fourth-order valence-corrected chi connectivity index (χ4v) is 1.07. The van der Waals surface area contributed by atoms with Gasteiger partial charge in [0.05, 0.1) is 6.10 Å². The standard InChI is InChI=1S/C6H12O4/c1-2-3-4(7)5(8)6(9)10-3/h3-9H,2H2,1H3/t3?,4-,5-,6+/m1/s1. The maximum atomic E-state index is 9.09. The minimum Gasteiger partial charge on any atom is -0.387 e. The Balaban J connectivity index is 2.53. The maximum Gasteiger partial charge on any atom is 0.183 e. The average molecular weight is 148 g/mol. The van der Waals surface area contributed by atoms with Crippen LogP contribution in [-0.4, -0.2) is 39.9 Å². The zero-order valence-corrected chi connectivity index (χ0v) is 5.77. The Morgan fingerprint density at radius 2 is 1.80 bits per heavy atom. The Bertz CT molecular complexity index is 116. The van der Waals surface area contributed by atoms with Gasteiger partial charge in [-0.2, -0.15) is 0 Å². The molecule has 0 aromatic carbocycles. The Morgan fingerprint density at radius 1 is 1.20 bits per heavy atom. The molecular formula is C6H12O4. The molecule has 0 amide bonds. The van der Waals surface area contributed by atoms with Gasteiger partial charge in [-0.15, -0.1) is 0 Å². The third kappa shape index (κ3) is 1.15. The zero-order chi connectivity index (χ0) is 7.72. The smallest absolute Gasteiger partial charge is 0.183 e. The summed E-state index contributed by atoms with van der Waals surface area (Å²) in [5, 5.41) is 26.9. The SMILES string of the molecule is CCC1O[C@H](O)[C@H](O)[C@@H]1O. The molecule has 4 heteroatoms. The van der Waals surface area contributed by atoms with Crippen LogP contribution in [0.3, 0.4) is 0 Å². The van der Waals surface area contributed by atoms with Gasteiger partial charge in [0.15, 0.2) is 6.29 Å². The summed E-state index contributed by atoms with van der Waals surface area (Å²) in [4.78, 5) is 0. The molecule has 3 N–H and O–H groups in total. The lowest BCUT2D eigenvalue weighted by atomic mass is 10.1. The zero-order valence-electron chi connectivity index (χ0n) is 5.77. The van der Waals surface area contributed by atoms with Crippen molar-refractivity contribution in [3.8, 4) is 0 Å². The summed E-state index contributed by atoms with van der Waals surface area (Å²) in [6.07, 6.45) is -3.15. The molecule has 1 fully saturated rings. The Morgan fingerprint density at radius 3 is 2.00 bits per heavy atom. The van der Waals surface area contributed by atoms with Crippen molar-refractivity contribution in [3.63, 3.8) is 0 Å². The van der Waals surface area contributed by atoms with Gasteiger partial charge in [0.25, 0.3) is 0 Å². The number of hydrogen-bond donors (Lipinski definition) is 3. The van der Waals surface area contributed by atoms with Gasteiger partial charge in [-0.1, -0.05) is 6.92 Å². The van der Waals surface area contributed by atoms with Crippen LogP contribution in [0.5, 0.6) is 0 Å². The molecule has 4 nitrogen and oxygen atoms in total. The highest BCUT2D eigenvalue weighted by Crippen LogP contribution is 2.21. The molecule has 0 bridgehead atoms. The number of hydrogen-bond acceptors (Lipinski definition) is 4. The molecule has 1 aliphatic heterocycles. The number of aliphatic hydroxyl groups is 3. The van der Waals surface area contributed by atoms with Crippen LogP contribution in [0.25, 0.3) is 0 Å². The van der Waals surface area contributed by atoms with Gasteiger partial charge in [0, 0.05) is 0 Å². The minimum atomic E-state index is -1.22. The van der Waals surface area contributed by atoms with E-state index in [4.69, 9.17) is 20.1 Å². The van der Waals surface area contributed by atoms with Crippen molar-refractivity contribution in [2.24, 2.45) is 0 Å². The third-order valence-corrected chi connectivity index (χ3v) is 1.74. The molecule has 1 saturated heterocycles. The second-order valence-corrected chi connectivity index (χ2v) is 2.45. The summed E-state index contributed by atoms with van der Waals surface area (Å²) in [6, 6.07) is 0. The van der Waals surface area contributed by atoms with E-state index in [9.17, 15) is 0 Å². The van der Waals surface area contributed by atoms with Crippen LogP contribution in [0, 0.1) is 0 Å². The molecular weight excluding hydrogens is 136 g/mol. The van der Waals surface area contributed by atoms with Gasteiger partial charge in [-0.3, -0.25) is 0 Å². The molecule has 1 heterocycles. The summed E-state index contributed by atoms with van der Waals surface area (Å²) < 4.78 is 4.79. The van der Waals surface area contributed by atoms with Crippen molar-refractivity contribution in [2.45, 2.75) is 37.9 Å². The Labute approximate surface area is 59.1 Å². The number of rotatable bonds is 1. The monoisotopic (exact) mass is 148 g/mol. The van der Waals surface area contributed by atoms with Crippen molar-refractivity contribution in [1.29, 1.82) is 0 Å². The lowest BCUT2D eigenvalue weighted by molar-refractivity contribution is -0.127. The van der Waals surface area contributed by atoms with Crippen molar-refractivity contribution >= 4 is 0 Å². The second kappa shape index (κ2) is 2.84. The quantitative estimate of drug-likeness (QED) is 0.438. The molecule has 60 valence electrons. The highest BCUT2D eigenvalue weighted by molar-refractivity contribution is 4.84. The van der Waals surface area contributed by atoms with Crippen LogP contribution in [0.4, 0.5) is 0 Å². The molecule has 0 aliphatic carbocycles. The lowest BCUT2D eigenvalue weighted by Gasteiger charge is -2.10. The lowest BCUT2D eigenvalue weighted by Crippen LogP contribution is -2.31. The van der Waals surface area contributed by atoms with E-state index in [1.165, 1.54) is 0 Å². The minimum absolute atomic E-state index is 0.426. The van der Waals surface area contributed by atoms with Gasteiger partial charge in [0.2, 0.25) is 0 Å². The summed E-state index contributed by atoms with van der Waals surface area (Å²) in [6.45, 7) is 1.82. The van der Waals surface area contributed by atoms with E-state index in [2.05, 4.69) is 0 Å². The van der Waals surface area contributed by atoms with Gasteiger partial charge in [-0.25, -0.2) is 0 Å². The van der Waals surface area contributed by atoms with Crippen LogP contribution >= 0.6 is 0 Å². The highest BCUT2D eigenvalue weighted by atomic mass is 16.6. The van der Waals surface area contributed by atoms with Crippen molar-refractivity contribution in [3.05, 3.63) is 0 Å². The summed E-state index contributed by atoms with van der Waals surface area (Å²) >= 11 is 0. The molecule has 0 saturated carbocycles. The average Bonchev–Trinajstić information content (AvgIpc) is 2.17. The third-order valence-electron chi connectivity index (χ3n) is 1.74. The van der Waals surface area contributed by atoms with Crippen LogP contribution in [0.1, 0.15) is 13.3 Å². The highest BCUT2D eigenvalue weighted by Gasteiger charge is 2.40. The fraction of sp³-hybridized carbons (Fsp3) is 1.00. The van der Waals surface area contributed by atoms with E-state index >= 15 is 0 Å². The van der Waals surface area contributed by atoms with E-state index in [0.29, 0.717) is 6.42 Å². The summed E-state index contributed by atoms with van der Waals surface area (Å²) in [5.74, 6) is 0. The van der Waals surface area contributed by atoms with Crippen LogP contribution in [-0.2, 0) is 4.74 Å². The molecule has 0 aromatic heterocycles. The predicted molar refractivity (Wildman–Crippen MR) is 33.2 cm³/mol. The predicted octanol–water partition coefficient (Wildman–Crippen LogP) is -1.16. The normalized spacial score (nSPS) is 48.0. The molecule has 0 radical (unpaired) electrons. The van der Waals surface area contributed by atoms with Crippen molar-refractivity contribution in [2.75, 3.05) is 0 Å². The van der Waals surface area contributed by atoms with E-state index in [-0.39, 0.29) is 0 Å². The topological polar surface area (TPSA) is 69.9 Å². The summed E-state index contributed by atoms with van der Waals surface area (Å²) in [7, 11) is 0. The van der Waals surface area contributed by atoms with Crippen LogP contribution in [0.15, 0.2) is 0 Å². The molecule has 0 spiro atoms. The van der Waals surface area contributed by atoms with Gasteiger partial charge < -0.3 is 20.1 Å². The van der Waals surface area contributed by atoms with Crippen molar-refractivity contribution in [1.82, 2.24) is 0 Å². The number of ether oxygens (including phenoxy) is 1. The van der Waals surface area contributed by atoms with Crippen LogP contribution in [0.2, 0.25) is 0 Å². The Kier molecular flexibility index (Phi) is 2.25. The first-order valence-corrected chi connectivity index (χ1v) is 3.36. The first-order valence-electron chi connectivity index (χ1n) is 3.36. The van der Waals surface area contributed by atoms with E-state index in [1.54, 1.807) is 0 Å². The molecule has 1 unspecified atom stereocenters. The second-order valence-electron chi connectivity index (χ2n) is 2.45. The van der Waals surface area contributed by atoms with Crippen molar-refractivity contribution < 1.29 is 20.1 Å². The van der Waals surface area contributed by atoms with E-state index < -0.39 is 24.6 Å². The largest absolute Gasteiger partial charge is 0.387 e. The summed E-state index contributed by atoms with van der Waals surface area (Å²) in [5.41, 5.74) is 0. The molecule has 10 heavy (non-hydrogen) atoms. The fourth-order valence-electron chi connectivity index (χ4n) is 1.07. The van der Waals surface area contributed by atoms with Gasteiger partial charge >= 0.3 is 0 Å². The molecule has 1 rings (SSSR count). The number of aliphatic hydroxyl groups excluding tert-OH is 3. The Hall–Kier alpha value is -0.160. The van der Waals surface area contributed by atoms with Gasteiger partial charge in [0.1, 0.15) is 12.2 Å². The maximum absolute atomic E-state index is 9.09. The van der Waals surface area contributed by atoms with E-state index in [1.807, 2.05) is 6.92 Å². The van der Waals surface area contributed by atoms with Gasteiger partial charge in [-0.05, 0) is 6.42 Å². The van der Waals surface area contributed by atoms with E-state index in [0.717, 1.165) is 0 Å². The molecule has 4 atom stereocenters. The molecule has 0 aromatic rings. The first-order chi connectivity index (χ1) is 4.66. The van der Waals surface area contributed by atoms with Crippen LogP contribution < -0.4 is 0 Å².